The second-order valence-corrected chi connectivity index (χ2v) is 5.84. The molecule has 1 fully saturated rings. The number of rotatable bonds is 5. The van der Waals surface area contributed by atoms with Gasteiger partial charge in [-0.05, 0) is 31.0 Å². The maximum Gasteiger partial charge on any atom is 0.234 e. The quantitative estimate of drug-likeness (QED) is 0.849. The van der Waals surface area contributed by atoms with E-state index in [1.54, 1.807) is 18.2 Å². The van der Waals surface area contributed by atoms with Gasteiger partial charge in [0.1, 0.15) is 5.82 Å². The lowest BCUT2D eigenvalue weighted by Crippen LogP contribution is -2.38. The maximum absolute atomic E-state index is 13.4. The molecule has 1 heterocycles. The monoisotopic (exact) mass is 279 g/mol. The molecule has 1 atom stereocenters. The third kappa shape index (κ3) is 3.77. The number of hydrogen-bond donors (Lipinski definition) is 2. The number of nitrogens with one attached hydrogen (secondary N) is 1. The van der Waals surface area contributed by atoms with Gasteiger partial charge in [0.05, 0.1) is 6.54 Å². The standard InChI is InChI=1S/C15H22FN3O/c1-15(10-17)6-7-19(11-15)9-14(20)18-8-12-4-2-3-5-13(12)16/h2-5H,6-11,17H2,1H3,(H,18,20). The number of likely N-dealkylation sites (tertiary alicyclic amines) is 1. The molecule has 4 nitrogen and oxygen atoms in total. The zero-order valence-electron chi connectivity index (χ0n) is 11.9. The zero-order valence-corrected chi connectivity index (χ0v) is 11.9. The minimum atomic E-state index is -0.287. The van der Waals surface area contributed by atoms with Crippen molar-refractivity contribution in [3.63, 3.8) is 0 Å². The molecule has 3 N–H and O–H groups in total. The molecule has 1 aromatic carbocycles. The first kappa shape index (κ1) is 14.9. The number of carbonyl (C=O) groups excluding carboxylic acids is 1. The van der Waals surface area contributed by atoms with Gasteiger partial charge in [-0.3, -0.25) is 9.69 Å². The molecule has 0 bridgehead atoms. The Morgan fingerprint density at radius 1 is 1.50 bits per heavy atom. The van der Waals surface area contributed by atoms with Crippen molar-refractivity contribution in [2.24, 2.45) is 11.1 Å². The molecule has 1 amide bonds. The fourth-order valence-electron chi connectivity index (χ4n) is 2.52. The van der Waals surface area contributed by atoms with Gasteiger partial charge in [-0.2, -0.15) is 0 Å². The molecule has 2 rings (SSSR count). The average Bonchev–Trinajstić information content (AvgIpc) is 2.80. The van der Waals surface area contributed by atoms with Crippen molar-refractivity contribution in [3.8, 4) is 0 Å². The van der Waals surface area contributed by atoms with Crippen LogP contribution in [0.2, 0.25) is 0 Å². The number of carbonyl (C=O) groups is 1. The van der Waals surface area contributed by atoms with E-state index in [-0.39, 0.29) is 23.7 Å². The first-order valence-electron chi connectivity index (χ1n) is 6.95. The average molecular weight is 279 g/mol. The lowest BCUT2D eigenvalue weighted by Gasteiger charge is -2.22. The summed E-state index contributed by atoms with van der Waals surface area (Å²) in [6.07, 6.45) is 1.02. The number of hydrogen-bond acceptors (Lipinski definition) is 3. The predicted octanol–water partition coefficient (Wildman–Crippen LogP) is 1.11. The van der Waals surface area contributed by atoms with E-state index in [1.165, 1.54) is 6.07 Å². The molecule has 1 unspecified atom stereocenters. The van der Waals surface area contributed by atoms with Gasteiger partial charge in [-0.1, -0.05) is 25.1 Å². The minimum Gasteiger partial charge on any atom is -0.351 e. The van der Waals surface area contributed by atoms with Crippen LogP contribution in [-0.2, 0) is 11.3 Å². The Hall–Kier alpha value is -1.46. The highest BCUT2D eigenvalue weighted by Crippen LogP contribution is 2.27. The molecule has 5 heteroatoms. The van der Waals surface area contributed by atoms with Gasteiger partial charge in [0.25, 0.3) is 0 Å². The topological polar surface area (TPSA) is 58.4 Å². The third-order valence-corrected chi connectivity index (χ3v) is 3.93. The summed E-state index contributed by atoms with van der Waals surface area (Å²) in [6, 6.07) is 6.47. The van der Waals surface area contributed by atoms with E-state index in [2.05, 4.69) is 17.1 Å². The molecule has 1 aromatic rings. The SMILES string of the molecule is CC1(CN)CCN(CC(=O)NCc2ccccc2F)C1. The van der Waals surface area contributed by atoms with Crippen LogP contribution in [0.4, 0.5) is 4.39 Å². The summed E-state index contributed by atoms with van der Waals surface area (Å²) < 4.78 is 13.4. The van der Waals surface area contributed by atoms with E-state index in [0.29, 0.717) is 18.7 Å². The third-order valence-electron chi connectivity index (χ3n) is 3.93. The molecule has 1 aliphatic heterocycles. The lowest BCUT2D eigenvalue weighted by atomic mass is 9.90. The highest BCUT2D eigenvalue weighted by Gasteiger charge is 2.32. The van der Waals surface area contributed by atoms with E-state index in [4.69, 9.17) is 5.73 Å². The molecule has 0 spiro atoms. The van der Waals surface area contributed by atoms with E-state index in [1.807, 2.05) is 0 Å². The van der Waals surface area contributed by atoms with Gasteiger partial charge in [0.15, 0.2) is 0 Å². The highest BCUT2D eigenvalue weighted by molar-refractivity contribution is 5.78. The van der Waals surface area contributed by atoms with Crippen molar-refractivity contribution in [2.45, 2.75) is 19.9 Å². The number of nitrogens with zero attached hydrogens (tertiary/aromatic N) is 1. The molecule has 0 radical (unpaired) electrons. The van der Waals surface area contributed by atoms with Crippen LogP contribution in [0.5, 0.6) is 0 Å². The Morgan fingerprint density at radius 3 is 2.90 bits per heavy atom. The summed E-state index contributed by atoms with van der Waals surface area (Å²) in [4.78, 5) is 14.0. The van der Waals surface area contributed by atoms with Crippen LogP contribution in [0.1, 0.15) is 18.9 Å². The van der Waals surface area contributed by atoms with Crippen LogP contribution < -0.4 is 11.1 Å². The second-order valence-electron chi connectivity index (χ2n) is 5.84. The van der Waals surface area contributed by atoms with E-state index in [9.17, 15) is 9.18 Å². The normalized spacial score (nSPS) is 22.9. The number of benzene rings is 1. The Kier molecular flexibility index (Phi) is 4.73. The molecule has 20 heavy (non-hydrogen) atoms. The Balaban J connectivity index is 1.78. The van der Waals surface area contributed by atoms with Crippen molar-refractivity contribution in [2.75, 3.05) is 26.2 Å². The van der Waals surface area contributed by atoms with Gasteiger partial charge in [0.2, 0.25) is 5.91 Å². The molecule has 0 saturated carbocycles. The van der Waals surface area contributed by atoms with E-state index < -0.39 is 0 Å². The first-order chi connectivity index (χ1) is 9.52. The van der Waals surface area contributed by atoms with Gasteiger partial charge in [0, 0.05) is 18.7 Å². The summed E-state index contributed by atoms with van der Waals surface area (Å²) in [6.45, 7) is 5.10. The van der Waals surface area contributed by atoms with Gasteiger partial charge >= 0.3 is 0 Å². The van der Waals surface area contributed by atoms with Crippen molar-refractivity contribution in [3.05, 3.63) is 35.6 Å². The van der Waals surface area contributed by atoms with Crippen molar-refractivity contribution in [1.29, 1.82) is 0 Å². The van der Waals surface area contributed by atoms with Gasteiger partial charge in [-0.25, -0.2) is 4.39 Å². The Bertz CT molecular complexity index is 480. The fraction of sp³-hybridized carbons (Fsp3) is 0.533. The van der Waals surface area contributed by atoms with Crippen LogP contribution >= 0.6 is 0 Å². The van der Waals surface area contributed by atoms with Crippen molar-refractivity contribution < 1.29 is 9.18 Å². The van der Waals surface area contributed by atoms with Gasteiger partial charge < -0.3 is 11.1 Å². The maximum atomic E-state index is 13.4. The number of nitrogens with two attached hydrogens (primary N) is 1. The summed E-state index contributed by atoms with van der Waals surface area (Å²) >= 11 is 0. The first-order valence-corrected chi connectivity index (χ1v) is 6.95. The lowest BCUT2D eigenvalue weighted by molar-refractivity contribution is -0.122. The molecule has 0 aliphatic carbocycles. The smallest absolute Gasteiger partial charge is 0.234 e. The largest absolute Gasteiger partial charge is 0.351 e. The fourth-order valence-corrected chi connectivity index (χ4v) is 2.52. The summed E-state index contributed by atoms with van der Waals surface area (Å²) in [7, 11) is 0. The zero-order chi connectivity index (χ0) is 14.6. The highest BCUT2D eigenvalue weighted by atomic mass is 19.1. The van der Waals surface area contributed by atoms with Crippen LogP contribution in [0, 0.1) is 11.2 Å². The Morgan fingerprint density at radius 2 is 2.25 bits per heavy atom. The molecular weight excluding hydrogens is 257 g/mol. The minimum absolute atomic E-state index is 0.0745. The molecule has 0 aromatic heterocycles. The summed E-state index contributed by atoms with van der Waals surface area (Å²) in [5.41, 5.74) is 6.37. The van der Waals surface area contributed by atoms with E-state index in [0.717, 1.165) is 19.5 Å². The summed E-state index contributed by atoms with van der Waals surface area (Å²) in [5.74, 6) is -0.362. The molecule has 1 saturated heterocycles. The van der Waals surface area contributed by atoms with Crippen LogP contribution in [0.15, 0.2) is 24.3 Å². The van der Waals surface area contributed by atoms with E-state index >= 15 is 0 Å². The van der Waals surface area contributed by atoms with Crippen molar-refractivity contribution in [1.82, 2.24) is 10.2 Å². The van der Waals surface area contributed by atoms with Crippen molar-refractivity contribution >= 4 is 5.91 Å². The van der Waals surface area contributed by atoms with Gasteiger partial charge in [-0.15, -0.1) is 0 Å². The number of halogens is 1. The second kappa shape index (κ2) is 6.33. The predicted molar refractivity (Wildman–Crippen MR) is 76.5 cm³/mol. The molecule has 1 aliphatic rings. The summed E-state index contributed by atoms with van der Waals surface area (Å²) in [5, 5.41) is 2.76. The number of amides is 1. The van der Waals surface area contributed by atoms with Crippen LogP contribution in [-0.4, -0.2) is 37.0 Å². The molecular formula is C15H22FN3O. The van der Waals surface area contributed by atoms with Crippen LogP contribution in [0.25, 0.3) is 0 Å². The van der Waals surface area contributed by atoms with Crippen LogP contribution in [0.3, 0.4) is 0 Å². The molecule has 110 valence electrons. The Labute approximate surface area is 119 Å².